The highest BCUT2D eigenvalue weighted by molar-refractivity contribution is 9.10. The second kappa shape index (κ2) is 11.1. The Morgan fingerprint density at radius 1 is 1.10 bits per heavy atom. The van der Waals surface area contributed by atoms with Crippen molar-refractivity contribution in [1.29, 1.82) is 0 Å². The summed E-state index contributed by atoms with van der Waals surface area (Å²) in [6.45, 7) is 3.74. The Labute approximate surface area is 188 Å². The van der Waals surface area contributed by atoms with Crippen molar-refractivity contribution in [3.63, 3.8) is 0 Å². The molecule has 10 heteroatoms. The Balaban J connectivity index is 2.04. The Kier molecular flexibility index (Phi) is 8.56. The summed E-state index contributed by atoms with van der Waals surface area (Å²) in [7, 11) is 2.80. The van der Waals surface area contributed by atoms with Crippen molar-refractivity contribution >= 4 is 45.6 Å². The van der Waals surface area contributed by atoms with Gasteiger partial charge in [0.15, 0.2) is 18.1 Å². The first-order chi connectivity index (χ1) is 14.7. The first kappa shape index (κ1) is 23.9. The lowest BCUT2D eigenvalue weighted by Crippen LogP contribution is -2.35. The molecule has 0 spiro atoms. The van der Waals surface area contributed by atoms with Gasteiger partial charge in [0.05, 0.1) is 17.8 Å². The number of halogens is 1. The van der Waals surface area contributed by atoms with E-state index in [0.717, 1.165) is 11.1 Å². The minimum atomic E-state index is -0.889. The lowest BCUT2D eigenvalue weighted by molar-refractivity contribution is -0.138. The number of carbonyl (C=O) groups excluding carboxylic acids is 3. The van der Waals surface area contributed by atoms with Crippen LogP contribution in [-0.2, 0) is 14.4 Å². The van der Waals surface area contributed by atoms with E-state index in [1.54, 1.807) is 12.1 Å². The molecule has 2 aromatic rings. The monoisotopic (exact) mass is 490 g/mol. The number of aryl methyl sites for hydroxylation is 2. The van der Waals surface area contributed by atoms with Gasteiger partial charge in [0, 0.05) is 12.7 Å². The molecule has 0 radical (unpaired) electrons. The van der Waals surface area contributed by atoms with Crippen LogP contribution in [0.2, 0.25) is 0 Å². The lowest BCUT2D eigenvalue weighted by Gasteiger charge is -2.14. The maximum Gasteiger partial charge on any atom is 0.329 e. The van der Waals surface area contributed by atoms with Crippen molar-refractivity contribution in [2.45, 2.75) is 13.8 Å². The van der Waals surface area contributed by atoms with E-state index in [1.807, 2.05) is 32.0 Å². The lowest BCUT2D eigenvalue weighted by atomic mass is 10.1. The van der Waals surface area contributed by atoms with Crippen LogP contribution in [0.5, 0.6) is 11.5 Å². The minimum absolute atomic E-state index is 0.225. The zero-order valence-electron chi connectivity index (χ0n) is 17.5. The van der Waals surface area contributed by atoms with Gasteiger partial charge in [0.2, 0.25) is 0 Å². The second-order valence-corrected chi connectivity index (χ2v) is 7.30. The average molecular weight is 491 g/mol. The number of benzene rings is 2. The van der Waals surface area contributed by atoms with Crippen LogP contribution in [0.4, 0.5) is 5.69 Å². The quantitative estimate of drug-likeness (QED) is 0.312. The summed E-state index contributed by atoms with van der Waals surface area (Å²) in [6, 6.07) is 8.92. The first-order valence-electron chi connectivity index (χ1n) is 9.17. The molecule has 2 rings (SSSR count). The van der Waals surface area contributed by atoms with Crippen LogP contribution >= 0.6 is 15.9 Å². The Hall–Kier alpha value is -3.40. The number of rotatable bonds is 7. The molecule has 31 heavy (non-hydrogen) atoms. The molecule has 0 saturated carbocycles. The fourth-order valence-corrected chi connectivity index (χ4v) is 3.01. The predicted octanol–water partition coefficient (Wildman–Crippen LogP) is 2.29. The van der Waals surface area contributed by atoms with E-state index in [-0.39, 0.29) is 12.5 Å². The van der Waals surface area contributed by atoms with Crippen LogP contribution in [-0.4, -0.2) is 44.7 Å². The molecule has 0 aliphatic rings. The fraction of sp³-hybridized carbons (Fsp3) is 0.238. The van der Waals surface area contributed by atoms with Gasteiger partial charge in [-0.15, -0.1) is 0 Å². The number of likely N-dealkylation sites (N-methyl/N-ethyl adjacent to an activating group) is 1. The molecule has 0 aliphatic carbocycles. The topological polar surface area (TPSA) is 118 Å². The van der Waals surface area contributed by atoms with Crippen LogP contribution in [0.1, 0.15) is 16.7 Å². The molecule has 9 nitrogen and oxygen atoms in total. The number of nitrogens with one attached hydrogen (secondary N) is 3. The Morgan fingerprint density at radius 2 is 1.84 bits per heavy atom. The molecule has 0 heterocycles. The number of ether oxygens (including phenoxy) is 2. The summed E-state index contributed by atoms with van der Waals surface area (Å²) < 4.78 is 11.5. The normalized spacial score (nSPS) is 10.5. The van der Waals surface area contributed by atoms with Gasteiger partial charge in [-0.2, -0.15) is 5.10 Å². The molecule has 3 amide bonds. The molecule has 0 atom stereocenters. The average Bonchev–Trinajstić information content (AvgIpc) is 2.74. The molecule has 0 bridgehead atoms. The Bertz CT molecular complexity index is 1020. The van der Waals surface area contributed by atoms with E-state index in [4.69, 9.17) is 9.47 Å². The van der Waals surface area contributed by atoms with E-state index in [1.165, 1.54) is 20.4 Å². The number of carbonyl (C=O) groups is 3. The molecule has 0 fully saturated rings. The minimum Gasteiger partial charge on any atom is -0.493 e. The van der Waals surface area contributed by atoms with E-state index in [2.05, 4.69) is 37.1 Å². The van der Waals surface area contributed by atoms with Crippen LogP contribution in [0.25, 0.3) is 0 Å². The maximum absolute atomic E-state index is 12.3. The van der Waals surface area contributed by atoms with Gasteiger partial charge in [-0.3, -0.25) is 14.4 Å². The molecule has 0 unspecified atom stereocenters. The number of hydrazone groups is 1. The highest BCUT2D eigenvalue weighted by Gasteiger charge is 2.14. The molecule has 3 N–H and O–H groups in total. The van der Waals surface area contributed by atoms with Gasteiger partial charge >= 0.3 is 11.8 Å². The number of hydrogen-bond donors (Lipinski definition) is 3. The standard InChI is InChI=1S/C21H23BrN4O5/c1-12-5-6-15(7-13(12)2)25-18(27)11-31-19-16(22)8-14(9-17(19)30-4)10-24-26-21(29)20(28)23-3/h5-10H,11H2,1-4H3,(H,23,28)(H,25,27)(H,26,29)/b24-10-. The third-order valence-corrected chi connectivity index (χ3v) is 4.79. The third-order valence-electron chi connectivity index (χ3n) is 4.20. The van der Waals surface area contributed by atoms with Gasteiger partial charge in [-0.1, -0.05) is 6.07 Å². The molecule has 164 valence electrons. The van der Waals surface area contributed by atoms with Crippen LogP contribution in [0.15, 0.2) is 39.9 Å². The van der Waals surface area contributed by atoms with Crippen LogP contribution in [0.3, 0.4) is 0 Å². The fourth-order valence-electron chi connectivity index (χ4n) is 2.44. The molecule has 0 aliphatic heterocycles. The van der Waals surface area contributed by atoms with E-state index in [0.29, 0.717) is 27.2 Å². The number of amides is 3. The largest absolute Gasteiger partial charge is 0.493 e. The summed E-state index contributed by atoms with van der Waals surface area (Å²) in [5, 5.41) is 8.70. The van der Waals surface area contributed by atoms with Crippen molar-refractivity contribution in [3.05, 3.63) is 51.5 Å². The number of methoxy groups -OCH3 is 1. The zero-order chi connectivity index (χ0) is 23.0. The van der Waals surface area contributed by atoms with Crippen molar-refractivity contribution in [2.75, 3.05) is 26.1 Å². The number of anilines is 1. The van der Waals surface area contributed by atoms with Gasteiger partial charge < -0.3 is 20.1 Å². The zero-order valence-corrected chi connectivity index (χ0v) is 19.1. The van der Waals surface area contributed by atoms with Crippen molar-refractivity contribution in [2.24, 2.45) is 5.10 Å². The summed E-state index contributed by atoms with van der Waals surface area (Å²) in [4.78, 5) is 34.8. The third kappa shape index (κ3) is 6.82. The number of hydrogen-bond acceptors (Lipinski definition) is 6. The maximum atomic E-state index is 12.3. The number of nitrogens with zero attached hydrogens (tertiary/aromatic N) is 1. The highest BCUT2D eigenvalue weighted by Crippen LogP contribution is 2.36. The summed E-state index contributed by atoms with van der Waals surface area (Å²) >= 11 is 3.38. The molecular weight excluding hydrogens is 468 g/mol. The second-order valence-electron chi connectivity index (χ2n) is 6.45. The van der Waals surface area contributed by atoms with Gasteiger partial charge in [0.1, 0.15) is 0 Å². The van der Waals surface area contributed by atoms with E-state index >= 15 is 0 Å². The molecule has 0 saturated heterocycles. The Morgan fingerprint density at radius 3 is 2.48 bits per heavy atom. The van der Waals surface area contributed by atoms with Crippen LogP contribution in [0, 0.1) is 13.8 Å². The molecule has 0 aromatic heterocycles. The summed E-state index contributed by atoms with van der Waals surface area (Å²) in [5.74, 6) is -1.32. The summed E-state index contributed by atoms with van der Waals surface area (Å²) in [6.07, 6.45) is 1.34. The molecule has 2 aromatic carbocycles. The SMILES string of the molecule is CNC(=O)C(=O)N/N=C\c1cc(Br)c(OCC(=O)Nc2ccc(C)c(C)c2)c(OC)c1. The van der Waals surface area contributed by atoms with Crippen molar-refractivity contribution in [3.8, 4) is 11.5 Å². The predicted molar refractivity (Wildman–Crippen MR) is 121 cm³/mol. The van der Waals surface area contributed by atoms with Crippen molar-refractivity contribution in [1.82, 2.24) is 10.7 Å². The highest BCUT2D eigenvalue weighted by atomic mass is 79.9. The van der Waals surface area contributed by atoms with E-state index in [9.17, 15) is 14.4 Å². The van der Waals surface area contributed by atoms with Gasteiger partial charge in [-0.25, -0.2) is 5.43 Å². The van der Waals surface area contributed by atoms with Crippen molar-refractivity contribution < 1.29 is 23.9 Å². The molecular formula is C21H23BrN4O5. The van der Waals surface area contributed by atoms with Gasteiger partial charge in [-0.05, 0) is 70.7 Å². The first-order valence-corrected chi connectivity index (χ1v) is 9.97. The van der Waals surface area contributed by atoms with E-state index < -0.39 is 11.8 Å². The summed E-state index contributed by atoms with van der Waals surface area (Å²) in [5.41, 5.74) is 5.57. The van der Waals surface area contributed by atoms with Gasteiger partial charge in [0.25, 0.3) is 5.91 Å². The van der Waals surface area contributed by atoms with Crippen LogP contribution < -0.4 is 25.5 Å². The smallest absolute Gasteiger partial charge is 0.329 e.